The summed E-state index contributed by atoms with van der Waals surface area (Å²) in [5, 5.41) is 8.68. The van der Waals surface area contributed by atoms with Gasteiger partial charge in [-0.25, -0.2) is 17.5 Å². The van der Waals surface area contributed by atoms with Gasteiger partial charge in [-0.05, 0) is 57.4 Å². The Bertz CT molecular complexity index is 630. The lowest BCUT2D eigenvalue weighted by Gasteiger charge is -2.25. The van der Waals surface area contributed by atoms with Crippen molar-refractivity contribution in [2.24, 2.45) is 0 Å². The molecule has 0 amide bonds. The molecule has 1 aromatic rings. The van der Waals surface area contributed by atoms with Gasteiger partial charge in [0, 0.05) is 12.0 Å². The number of aliphatic carboxylic acids is 1. The van der Waals surface area contributed by atoms with Gasteiger partial charge in [-0.3, -0.25) is 4.79 Å². The van der Waals surface area contributed by atoms with Crippen LogP contribution >= 0.6 is 0 Å². The number of carboxylic acid groups (broad SMARTS) is 1. The van der Waals surface area contributed by atoms with Crippen LogP contribution in [-0.4, -0.2) is 25.0 Å². The minimum atomic E-state index is -3.84. The van der Waals surface area contributed by atoms with Crippen LogP contribution in [0.15, 0.2) is 17.0 Å². The molecule has 0 aromatic heterocycles. The van der Waals surface area contributed by atoms with Crippen LogP contribution in [0.4, 0.5) is 4.39 Å². The monoisotopic (exact) mass is 317 g/mol. The molecule has 0 aliphatic carbocycles. The van der Waals surface area contributed by atoms with Crippen LogP contribution in [0.3, 0.4) is 0 Å². The summed E-state index contributed by atoms with van der Waals surface area (Å²) >= 11 is 0. The Hall–Kier alpha value is -1.47. The summed E-state index contributed by atoms with van der Waals surface area (Å²) in [6, 6.07) is 2.52. The van der Waals surface area contributed by atoms with E-state index in [9.17, 15) is 17.6 Å². The van der Waals surface area contributed by atoms with E-state index < -0.39 is 27.3 Å². The smallest absolute Gasteiger partial charge is 0.303 e. The highest BCUT2D eigenvalue weighted by molar-refractivity contribution is 7.89. The van der Waals surface area contributed by atoms with Gasteiger partial charge in [-0.15, -0.1) is 0 Å². The minimum Gasteiger partial charge on any atom is -0.481 e. The lowest BCUT2D eigenvalue weighted by atomic mass is 10.0. The third-order valence-electron chi connectivity index (χ3n) is 3.09. The van der Waals surface area contributed by atoms with Gasteiger partial charge >= 0.3 is 5.97 Å². The Kier molecular flexibility index (Phi) is 5.11. The fourth-order valence-electron chi connectivity index (χ4n) is 1.95. The second-order valence-corrected chi connectivity index (χ2v) is 7.44. The number of hydrogen-bond donors (Lipinski definition) is 2. The maximum absolute atomic E-state index is 13.6. The number of hydrogen-bond acceptors (Lipinski definition) is 3. The van der Waals surface area contributed by atoms with Crippen molar-refractivity contribution < 1.29 is 22.7 Å². The van der Waals surface area contributed by atoms with Crippen LogP contribution in [0.25, 0.3) is 0 Å². The number of carbonyl (C=O) groups is 1. The lowest BCUT2D eigenvalue weighted by Crippen LogP contribution is -2.43. The van der Waals surface area contributed by atoms with Gasteiger partial charge in [0.1, 0.15) is 5.82 Å². The summed E-state index contributed by atoms with van der Waals surface area (Å²) in [5.41, 5.74) is -0.412. The first-order chi connectivity index (χ1) is 9.44. The molecule has 5 nitrogen and oxygen atoms in total. The normalized spacial score (nSPS) is 12.4. The molecule has 21 heavy (non-hydrogen) atoms. The van der Waals surface area contributed by atoms with Gasteiger partial charge in [0.25, 0.3) is 0 Å². The summed E-state index contributed by atoms with van der Waals surface area (Å²) in [7, 11) is -3.84. The largest absolute Gasteiger partial charge is 0.481 e. The maximum atomic E-state index is 13.6. The lowest BCUT2D eigenvalue weighted by molar-refractivity contribution is -0.137. The number of sulfonamides is 1. The average molecular weight is 317 g/mol. The molecule has 1 rings (SSSR count). The van der Waals surface area contributed by atoms with E-state index in [1.54, 1.807) is 13.8 Å². The molecule has 0 aliphatic rings. The van der Waals surface area contributed by atoms with Crippen molar-refractivity contribution in [1.82, 2.24) is 4.72 Å². The van der Waals surface area contributed by atoms with Crippen molar-refractivity contribution in [3.8, 4) is 0 Å². The van der Waals surface area contributed by atoms with Crippen LogP contribution in [0.1, 0.15) is 37.8 Å². The number of halogens is 1. The van der Waals surface area contributed by atoms with E-state index in [0.717, 1.165) is 0 Å². The summed E-state index contributed by atoms with van der Waals surface area (Å²) in [5.74, 6) is -1.42. The minimum absolute atomic E-state index is 0.0256. The predicted molar refractivity (Wildman–Crippen MR) is 77.1 cm³/mol. The van der Waals surface area contributed by atoms with E-state index in [0.29, 0.717) is 0 Å². The van der Waals surface area contributed by atoms with Gasteiger partial charge in [0.15, 0.2) is 0 Å². The first-order valence-corrected chi connectivity index (χ1v) is 7.95. The highest BCUT2D eigenvalue weighted by atomic mass is 32.2. The van der Waals surface area contributed by atoms with Crippen molar-refractivity contribution in [1.29, 1.82) is 0 Å². The van der Waals surface area contributed by atoms with Gasteiger partial charge in [0.05, 0.1) is 4.90 Å². The number of carboxylic acids is 1. The molecule has 0 saturated heterocycles. The van der Waals surface area contributed by atoms with Crippen molar-refractivity contribution in [3.05, 3.63) is 29.1 Å². The molecular weight excluding hydrogens is 297 g/mol. The zero-order chi connectivity index (χ0) is 16.4. The first-order valence-electron chi connectivity index (χ1n) is 6.47. The second-order valence-electron chi connectivity index (χ2n) is 5.75. The summed E-state index contributed by atoms with van der Waals surface area (Å²) in [4.78, 5) is 10.6. The van der Waals surface area contributed by atoms with Crippen molar-refractivity contribution in [2.75, 3.05) is 0 Å². The molecule has 1 aromatic carbocycles. The summed E-state index contributed by atoms with van der Waals surface area (Å²) < 4.78 is 40.7. The molecule has 0 spiro atoms. The zero-order valence-electron chi connectivity index (χ0n) is 12.5. The molecule has 0 fully saturated rings. The van der Waals surface area contributed by atoms with Crippen LogP contribution in [-0.2, 0) is 14.8 Å². The van der Waals surface area contributed by atoms with Crippen LogP contribution in [0, 0.1) is 19.7 Å². The molecule has 0 saturated carbocycles. The molecule has 0 unspecified atom stereocenters. The van der Waals surface area contributed by atoms with Crippen molar-refractivity contribution in [3.63, 3.8) is 0 Å². The highest BCUT2D eigenvalue weighted by Crippen LogP contribution is 2.21. The van der Waals surface area contributed by atoms with Gasteiger partial charge in [-0.2, -0.15) is 0 Å². The molecule has 118 valence electrons. The Morgan fingerprint density at radius 3 is 2.19 bits per heavy atom. The number of nitrogens with one attached hydrogen (secondary N) is 1. The van der Waals surface area contributed by atoms with Crippen molar-refractivity contribution >= 4 is 16.0 Å². The second kappa shape index (κ2) is 6.11. The van der Waals surface area contributed by atoms with Crippen LogP contribution < -0.4 is 4.72 Å². The first kappa shape index (κ1) is 17.6. The van der Waals surface area contributed by atoms with E-state index in [2.05, 4.69) is 4.72 Å². The van der Waals surface area contributed by atoms with Crippen LogP contribution in [0.2, 0.25) is 0 Å². The molecule has 0 aliphatic heterocycles. The molecule has 0 bridgehead atoms. The maximum Gasteiger partial charge on any atom is 0.303 e. The standard InChI is InChI=1S/C14H20FNO4S/c1-9-7-11(8-10(2)13(9)15)21(19,20)16-14(3,4)6-5-12(17)18/h7-8,16H,5-6H2,1-4H3,(H,17,18). The quantitative estimate of drug-likeness (QED) is 0.843. The number of rotatable bonds is 6. The molecule has 0 radical (unpaired) electrons. The van der Waals surface area contributed by atoms with E-state index in [-0.39, 0.29) is 28.9 Å². The van der Waals surface area contributed by atoms with Crippen molar-refractivity contribution in [2.45, 2.75) is 51.0 Å². The zero-order valence-corrected chi connectivity index (χ0v) is 13.3. The number of aryl methyl sites for hydroxylation is 2. The Labute approximate surface area is 124 Å². The van der Waals surface area contributed by atoms with E-state index in [1.165, 1.54) is 26.0 Å². The molecule has 7 heteroatoms. The Morgan fingerprint density at radius 1 is 1.29 bits per heavy atom. The molecule has 0 atom stereocenters. The Balaban J connectivity index is 3.04. The fourth-order valence-corrected chi connectivity index (χ4v) is 3.57. The van der Waals surface area contributed by atoms with Crippen LogP contribution in [0.5, 0.6) is 0 Å². The molecule has 2 N–H and O–H groups in total. The summed E-state index contributed by atoms with van der Waals surface area (Å²) in [6.07, 6.45) is 0.0116. The fraction of sp³-hybridized carbons (Fsp3) is 0.500. The SMILES string of the molecule is Cc1cc(S(=O)(=O)NC(C)(C)CCC(=O)O)cc(C)c1F. The van der Waals surface area contributed by atoms with Gasteiger partial charge < -0.3 is 5.11 Å². The number of benzene rings is 1. The van der Waals surface area contributed by atoms with E-state index in [4.69, 9.17) is 5.11 Å². The van der Waals surface area contributed by atoms with Gasteiger partial charge in [-0.1, -0.05) is 0 Å². The van der Waals surface area contributed by atoms with E-state index in [1.807, 2.05) is 0 Å². The highest BCUT2D eigenvalue weighted by Gasteiger charge is 2.27. The molecular formula is C14H20FNO4S. The molecule has 0 heterocycles. The van der Waals surface area contributed by atoms with Gasteiger partial charge in [0.2, 0.25) is 10.0 Å². The Morgan fingerprint density at radius 2 is 1.76 bits per heavy atom. The average Bonchev–Trinajstić information content (AvgIpc) is 2.31. The third-order valence-corrected chi connectivity index (χ3v) is 4.77. The van der Waals surface area contributed by atoms with E-state index >= 15 is 0 Å². The summed E-state index contributed by atoms with van der Waals surface area (Å²) in [6.45, 7) is 6.21. The third kappa shape index (κ3) is 4.78. The topological polar surface area (TPSA) is 83.5 Å². The predicted octanol–water partition coefficient (Wildman–Crippen LogP) is 2.36.